The fourth-order valence-corrected chi connectivity index (χ4v) is 1.56. The molecule has 1 unspecified atom stereocenters. The van der Waals surface area contributed by atoms with E-state index in [1.165, 1.54) is 7.11 Å². The van der Waals surface area contributed by atoms with E-state index in [1.807, 2.05) is 13.0 Å². The summed E-state index contributed by atoms with van der Waals surface area (Å²) in [4.78, 5) is 11.6. The van der Waals surface area contributed by atoms with Gasteiger partial charge in [0.15, 0.2) is 6.10 Å². The average molecular weight is 247 g/mol. The van der Waals surface area contributed by atoms with Gasteiger partial charge in [-0.3, -0.25) is 0 Å². The molecule has 0 amide bonds. The zero-order valence-corrected chi connectivity index (χ0v) is 10.7. The van der Waals surface area contributed by atoms with Gasteiger partial charge in [0.25, 0.3) is 0 Å². The van der Waals surface area contributed by atoms with Crippen molar-refractivity contribution >= 4 is 5.97 Å². The number of para-hydroxylation sites is 1. The summed E-state index contributed by atoms with van der Waals surface area (Å²) in [7, 11) is 1.33. The summed E-state index contributed by atoms with van der Waals surface area (Å²) >= 11 is 0. The summed E-state index contributed by atoms with van der Waals surface area (Å²) in [6, 6.07) is 8.90. The smallest absolute Gasteiger partial charge is 0.347 e. The lowest BCUT2D eigenvalue weighted by Gasteiger charge is -2.17. The molecule has 0 saturated carbocycles. The van der Waals surface area contributed by atoms with Crippen LogP contribution >= 0.6 is 0 Å². The van der Waals surface area contributed by atoms with Crippen molar-refractivity contribution in [3.05, 3.63) is 29.8 Å². The number of rotatable bonds is 6. The monoisotopic (exact) mass is 247 g/mol. The van der Waals surface area contributed by atoms with Crippen LogP contribution in [0.25, 0.3) is 0 Å². The van der Waals surface area contributed by atoms with Gasteiger partial charge in [0.1, 0.15) is 11.8 Å². The largest absolute Gasteiger partial charge is 0.477 e. The molecular weight excluding hydrogens is 230 g/mol. The number of benzene rings is 1. The first kappa shape index (κ1) is 14.0. The van der Waals surface area contributed by atoms with E-state index in [1.54, 1.807) is 24.3 Å². The Balaban J connectivity index is 2.82. The highest BCUT2D eigenvalue weighted by atomic mass is 16.6. The number of nitrogens with zero attached hydrogens (tertiary/aromatic N) is 1. The highest BCUT2D eigenvalue weighted by Crippen LogP contribution is 2.20. The lowest BCUT2D eigenvalue weighted by Crippen LogP contribution is -2.28. The van der Waals surface area contributed by atoms with Crippen LogP contribution in [-0.2, 0) is 9.53 Å². The van der Waals surface area contributed by atoms with Crippen LogP contribution in [0.2, 0.25) is 0 Å². The zero-order chi connectivity index (χ0) is 13.4. The maximum atomic E-state index is 11.6. The zero-order valence-electron chi connectivity index (χ0n) is 10.7. The topological polar surface area (TPSA) is 59.3 Å². The van der Waals surface area contributed by atoms with Gasteiger partial charge in [0, 0.05) is 0 Å². The van der Waals surface area contributed by atoms with Crippen LogP contribution in [0.5, 0.6) is 5.75 Å². The van der Waals surface area contributed by atoms with E-state index in [0.29, 0.717) is 17.7 Å². The first-order valence-electron chi connectivity index (χ1n) is 5.96. The van der Waals surface area contributed by atoms with Crippen LogP contribution in [0.15, 0.2) is 24.3 Å². The Labute approximate surface area is 107 Å². The standard InChI is InChI=1S/C14H17NO3/c1-3-4-8-13(14(16)17-2)18-12-9-6-5-7-11(12)10-15/h5-7,9,13H,3-4,8H2,1-2H3. The molecule has 0 aliphatic heterocycles. The number of unbranched alkanes of at least 4 members (excludes halogenated alkanes) is 1. The third-order valence-electron chi connectivity index (χ3n) is 2.56. The van der Waals surface area contributed by atoms with Gasteiger partial charge >= 0.3 is 5.97 Å². The third-order valence-corrected chi connectivity index (χ3v) is 2.56. The minimum Gasteiger partial charge on any atom is -0.477 e. The van der Waals surface area contributed by atoms with E-state index in [2.05, 4.69) is 0 Å². The van der Waals surface area contributed by atoms with Crippen LogP contribution in [0, 0.1) is 11.3 Å². The second kappa shape index (κ2) is 7.33. The molecule has 0 radical (unpaired) electrons. The first-order chi connectivity index (χ1) is 8.72. The fraction of sp³-hybridized carbons (Fsp3) is 0.429. The molecule has 1 atom stereocenters. The Morgan fingerprint density at radius 3 is 2.78 bits per heavy atom. The van der Waals surface area contributed by atoms with Gasteiger partial charge in [-0.1, -0.05) is 25.5 Å². The molecule has 0 aliphatic carbocycles. The van der Waals surface area contributed by atoms with Crippen molar-refractivity contribution in [2.24, 2.45) is 0 Å². The van der Waals surface area contributed by atoms with Crippen molar-refractivity contribution in [1.29, 1.82) is 5.26 Å². The van der Waals surface area contributed by atoms with E-state index in [-0.39, 0.29) is 0 Å². The van der Waals surface area contributed by atoms with Crippen LogP contribution in [0.1, 0.15) is 31.7 Å². The molecule has 1 aromatic rings. The molecule has 0 fully saturated rings. The molecule has 1 aromatic carbocycles. The number of esters is 1. The summed E-state index contributed by atoms with van der Waals surface area (Å²) < 4.78 is 10.3. The van der Waals surface area contributed by atoms with Crippen molar-refractivity contribution in [1.82, 2.24) is 0 Å². The summed E-state index contributed by atoms with van der Waals surface area (Å²) in [6.45, 7) is 2.04. The molecule has 18 heavy (non-hydrogen) atoms. The summed E-state index contributed by atoms with van der Waals surface area (Å²) in [5.74, 6) is 0.0164. The Morgan fingerprint density at radius 1 is 1.44 bits per heavy atom. The number of methoxy groups -OCH3 is 1. The van der Waals surface area contributed by atoms with Gasteiger partial charge < -0.3 is 9.47 Å². The molecule has 0 spiro atoms. The number of ether oxygens (including phenoxy) is 2. The van der Waals surface area contributed by atoms with E-state index in [0.717, 1.165) is 12.8 Å². The fourth-order valence-electron chi connectivity index (χ4n) is 1.56. The summed E-state index contributed by atoms with van der Waals surface area (Å²) in [5.41, 5.74) is 0.419. The predicted octanol–water partition coefficient (Wildman–Crippen LogP) is 2.67. The third kappa shape index (κ3) is 3.77. The first-order valence-corrected chi connectivity index (χ1v) is 5.96. The van der Waals surface area contributed by atoms with E-state index < -0.39 is 12.1 Å². The van der Waals surface area contributed by atoms with Crippen molar-refractivity contribution in [2.45, 2.75) is 32.3 Å². The number of carbonyl (C=O) groups is 1. The van der Waals surface area contributed by atoms with E-state index in [4.69, 9.17) is 14.7 Å². The van der Waals surface area contributed by atoms with E-state index >= 15 is 0 Å². The van der Waals surface area contributed by atoms with Crippen molar-refractivity contribution in [3.63, 3.8) is 0 Å². The Bertz CT molecular complexity index is 437. The summed E-state index contributed by atoms with van der Waals surface area (Å²) in [6.07, 6.45) is 1.78. The lowest BCUT2D eigenvalue weighted by atomic mass is 10.1. The number of carbonyl (C=O) groups excluding carboxylic acids is 1. The number of hydrogen-bond acceptors (Lipinski definition) is 4. The lowest BCUT2D eigenvalue weighted by molar-refractivity contribution is -0.149. The Kier molecular flexibility index (Phi) is 5.72. The minimum absolute atomic E-state index is 0.406. The van der Waals surface area contributed by atoms with Gasteiger partial charge in [-0.05, 0) is 25.0 Å². The number of hydrogen-bond donors (Lipinski definition) is 0. The normalized spacial score (nSPS) is 11.4. The maximum Gasteiger partial charge on any atom is 0.347 e. The molecule has 0 N–H and O–H groups in total. The maximum absolute atomic E-state index is 11.6. The van der Waals surface area contributed by atoms with Crippen LogP contribution in [0.3, 0.4) is 0 Å². The molecule has 0 aromatic heterocycles. The van der Waals surface area contributed by atoms with Crippen molar-refractivity contribution < 1.29 is 14.3 Å². The van der Waals surface area contributed by atoms with Crippen molar-refractivity contribution in [2.75, 3.05) is 7.11 Å². The van der Waals surface area contributed by atoms with Gasteiger partial charge in [-0.15, -0.1) is 0 Å². The summed E-state index contributed by atoms with van der Waals surface area (Å²) in [5, 5.41) is 8.96. The second-order valence-electron chi connectivity index (χ2n) is 3.88. The minimum atomic E-state index is -0.649. The van der Waals surface area contributed by atoms with Gasteiger partial charge in [0.2, 0.25) is 0 Å². The van der Waals surface area contributed by atoms with Gasteiger partial charge in [0.05, 0.1) is 12.7 Å². The van der Waals surface area contributed by atoms with Crippen LogP contribution < -0.4 is 4.74 Å². The highest BCUT2D eigenvalue weighted by Gasteiger charge is 2.21. The SMILES string of the molecule is CCCCC(Oc1ccccc1C#N)C(=O)OC. The predicted molar refractivity (Wildman–Crippen MR) is 67.1 cm³/mol. The molecule has 96 valence electrons. The van der Waals surface area contributed by atoms with Crippen LogP contribution in [0.4, 0.5) is 0 Å². The molecule has 0 heterocycles. The quantitative estimate of drug-likeness (QED) is 0.725. The van der Waals surface area contributed by atoms with Gasteiger partial charge in [-0.2, -0.15) is 5.26 Å². The highest BCUT2D eigenvalue weighted by molar-refractivity contribution is 5.75. The molecular formula is C14H17NO3. The molecule has 4 heteroatoms. The molecule has 0 saturated heterocycles. The van der Waals surface area contributed by atoms with Crippen LogP contribution in [-0.4, -0.2) is 19.2 Å². The van der Waals surface area contributed by atoms with Crippen molar-refractivity contribution in [3.8, 4) is 11.8 Å². The molecule has 4 nitrogen and oxygen atoms in total. The van der Waals surface area contributed by atoms with E-state index in [9.17, 15) is 4.79 Å². The second-order valence-corrected chi connectivity index (χ2v) is 3.88. The Morgan fingerprint density at radius 2 is 2.17 bits per heavy atom. The molecule has 1 rings (SSSR count). The average Bonchev–Trinajstić information content (AvgIpc) is 2.42. The molecule has 0 bridgehead atoms. The number of nitriles is 1. The molecule has 0 aliphatic rings. The van der Waals surface area contributed by atoms with Gasteiger partial charge in [-0.25, -0.2) is 4.79 Å². The Hall–Kier alpha value is -2.02.